The molecule has 47 heavy (non-hydrogen) atoms. The number of rotatable bonds is 8. The second kappa shape index (κ2) is 15.1. The van der Waals surface area contributed by atoms with Crippen LogP contribution in [0.1, 0.15) is 62.3 Å². The Hall–Kier alpha value is -2.96. The van der Waals surface area contributed by atoms with E-state index in [-0.39, 0.29) is 29.6 Å². The molecule has 3 heterocycles. The lowest BCUT2D eigenvalue weighted by molar-refractivity contribution is 0.122. The SMILES string of the molecule is CCOc1nc(C(C)(C)C)ncc1C1=N[C@H](c2ccc(Cl)cc2)[C@H](c2ccc(Cl)cc2)N1C(=O)N1CCN(CCS(C)(=O)=O)CC1.Cl. The topological polar surface area (TPSA) is 108 Å². The summed E-state index contributed by atoms with van der Waals surface area (Å²) in [5, 5.41) is 1.18. The lowest BCUT2D eigenvalue weighted by Crippen LogP contribution is -2.54. The molecule has 0 aliphatic carbocycles. The minimum Gasteiger partial charge on any atom is -0.477 e. The number of carbonyl (C=O) groups excluding carboxylic acids is 1. The fraction of sp³-hybridized carbons (Fsp3) is 0.455. The number of hydrogen-bond acceptors (Lipinski definition) is 8. The van der Waals surface area contributed by atoms with Crippen LogP contribution in [-0.4, -0.2) is 96.3 Å². The molecule has 2 amide bonds. The van der Waals surface area contributed by atoms with Crippen molar-refractivity contribution in [1.82, 2.24) is 24.7 Å². The van der Waals surface area contributed by atoms with Gasteiger partial charge in [-0.15, -0.1) is 12.4 Å². The van der Waals surface area contributed by atoms with Gasteiger partial charge in [-0.05, 0) is 42.3 Å². The Kier molecular flexibility index (Phi) is 11.8. The highest BCUT2D eigenvalue weighted by atomic mass is 35.5. The molecule has 1 aromatic heterocycles. The maximum Gasteiger partial charge on any atom is 0.326 e. The minimum absolute atomic E-state index is 0. The summed E-state index contributed by atoms with van der Waals surface area (Å²) in [6.07, 6.45) is 2.94. The van der Waals surface area contributed by atoms with E-state index in [9.17, 15) is 13.2 Å². The monoisotopic (exact) mass is 722 g/mol. The van der Waals surface area contributed by atoms with Gasteiger partial charge in [0.05, 0.1) is 24.0 Å². The summed E-state index contributed by atoms with van der Waals surface area (Å²) in [6, 6.07) is 13.7. The highest BCUT2D eigenvalue weighted by Gasteiger charge is 2.45. The first-order valence-electron chi connectivity index (χ1n) is 15.3. The zero-order valence-electron chi connectivity index (χ0n) is 27.2. The van der Waals surface area contributed by atoms with Gasteiger partial charge >= 0.3 is 6.03 Å². The van der Waals surface area contributed by atoms with Gasteiger partial charge < -0.3 is 9.64 Å². The average molecular weight is 724 g/mol. The number of hydrogen-bond donors (Lipinski definition) is 0. The molecule has 2 atom stereocenters. The molecule has 0 saturated carbocycles. The number of aromatic nitrogens is 2. The van der Waals surface area contributed by atoms with E-state index < -0.39 is 21.9 Å². The van der Waals surface area contributed by atoms with Crippen molar-refractivity contribution in [3.05, 3.63) is 87.3 Å². The maximum absolute atomic E-state index is 14.7. The Bertz CT molecular complexity index is 1690. The molecule has 0 N–H and O–H groups in total. The molecule has 2 aromatic carbocycles. The standard InChI is InChI=1S/C33H40Cl2N6O4S.ClH/c1-6-45-30-26(21-36-31(38-30)33(2,3)4)29-37-27(22-7-11-24(34)12-8-22)28(23-9-13-25(35)14-10-23)41(29)32(42)40-17-15-39(16-18-40)19-20-46(5,43)44;/h7-14,21,27-28H,6,15-20H2,1-5H3;1H/t27-,28+;/m1./s1. The molecule has 0 spiro atoms. The first kappa shape index (κ1) is 36.9. The predicted octanol–water partition coefficient (Wildman–Crippen LogP) is 6.23. The third-order valence-electron chi connectivity index (χ3n) is 8.06. The molecule has 14 heteroatoms. The van der Waals surface area contributed by atoms with Gasteiger partial charge in [-0.3, -0.25) is 14.8 Å². The number of carbonyl (C=O) groups is 1. The van der Waals surface area contributed by atoms with Gasteiger partial charge in [0, 0.05) is 60.6 Å². The molecular formula is C33H41Cl3N6O4S. The number of benzene rings is 2. The molecule has 0 unspecified atom stereocenters. The molecule has 254 valence electrons. The smallest absolute Gasteiger partial charge is 0.326 e. The summed E-state index contributed by atoms with van der Waals surface area (Å²) < 4.78 is 29.6. The van der Waals surface area contributed by atoms with Crippen LogP contribution in [0.25, 0.3) is 0 Å². The van der Waals surface area contributed by atoms with Gasteiger partial charge in [-0.25, -0.2) is 18.2 Å². The lowest BCUT2D eigenvalue weighted by Gasteiger charge is -2.39. The van der Waals surface area contributed by atoms with E-state index in [2.05, 4.69) is 4.90 Å². The number of urea groups is 1. The molecule has 0 bridgehead atoms. The highest BCUT2D eigenvalue weighted by molar-refractivity contribution is 7.90. The van der Waals surface area contributed by atoms with E-state index in [0.717, 1.165) is 11.1 Å². The van der Waals surface area contributed by atoms with E-state index in [1.807, 2.05) is 76.2 Å². The second-order valence-electron chi connectivity index (χ2n) is 12.7. The first-order valence-corrected chi connectivity index (χ1v) is 18.1. The van der Waals surface area contributed by atoms with E-state index in [0.29, 0.717) is 72.5 Å². The number of halogens is 3. The number of ether oxygens (including phenoxy) is 1. The number of sulfone groups is 1. The fourth-order valence-electron chi connectivity index (χ4n) is 5.59. The van der Waals surface area contributed by atoms with Crippen LogP contribution in [0, 0.1) is 0 Å². The van der Waals surface area contributed by atoms with Gasteiger partial charge in [0.15, 0.2) is 0 Å². The number of amides is 2. The third-order valence-corrected chi connectivity index (χ3v) is 9.49. The number of nitrogens with zero attached hydrogens (tertiary/aromatic N) is 6. The van der Waals surface area contributed by atoms with E-state index in [1.165, 1.54) is 6.26 Å². The zero-order chi connectivity index (χ0) is 33.2. The molecule has 0 radical (unpaired) electrons. The van der Waals surface area contributed by atoms with Crippen molar-refractivity contribution in [3.8, 4) is 5.88 Å². The van der Waals surface area contributed by atoms with Crippen molar-refractivity contribution in [2.45, 2.75) is 45.2 Å². The van der Waals surface area contributed by atoms with Crippen molar-refractivity contribution in [3.63, 3.8) is 0 Å². The largest absolute Gasteiger partial charge is 0.477 e. The van der Waals surface area contributed by atoms with Gasteiger partial charge in [-0.2, -0.15) is 4.98 Å². The van der Waals surface area contributed by atoms with Crippen LogP contribution < -0.4 is 4.74 Å². The quantitative estimate of drug-likeness (QED) is 0.271. The van der Waals surface area contributed by atoms with Crippen LogP contribution in [-0.2, 0) is 15.3 Å². The maximum atomic E-state index is 14.7. The summed E-state index contributed by atoms with van der Waals surface area (Å²) in [6.45, 7) is 10.8. The van der Waals surface area contributed by atoms with Crippen LogP contribution in [0.2, 0.25) is 10.0 Å². The van der Waals surface area contributed by atoms with E-state index in [4.69, 9.17) is 42.9 Å². The number of piperazine rings is 1. The van der Waals surface area contributed by atoms with Gasteiger partial charge in [0.2, 0.25) is 5.88 Å². The molecule has 2 aliphatic heterocycles. The Morgan fingerprint density at radius 3 is 2.06 bits per heavy atom. The second-order valence-corrected chi connectivity index (χ2v) is 15.8. The fourth-order valence-corrected chi connectivity index (χ4v) is 6.43. The van der Waals surface area contributed by atoms with Crippen molar-refractivity contribution < 1.29 is 17.9 Å². The highest BCUT2D eigenvalue weighted by Crippen LogP contribution is 2.45. The predicted molar refractivity (Wildman–Crippen MR) is 189 cm³/mol. The van der Waals surface area contributed by atoms with Crippen molar-refractivity contribution in [1.29, 1.82) is 0 Å². The molecular weight excluding hydrogens is 683 g/mol. The van der Waals surface area contributed by atoms with Crippen molar-refractivity contribution in [2.24, 2.45) is 4.99 Å². The molecule has 3 aromatic rings. The van der Waals surface area contributed by atoms with E-state index in [1.54, 1.807) is 16.0 Å². The molecule has 1 fully saturated rings. The average Bonchev–Trinajstić information content (AvgIpc) is 3.40. The van der Waals surface area contributed by atoms with Crippen LogP contribution in [0.5, 0.6) is 5.88 Å². The Labute approximate surface area is 293 Å². The normalized spacial score (nSPS) is 18.9. The minimum atomic E-state index is -3.09. The summed E-state index contributed by atoms with van der Waals surface area (Å²) in [5.74, 6) is 1.46. The molecule has 2 aliphatic rings. The molecule has 10 nitrogen and oxygen atoms in total. The molecule has 5 rings (SSSR count). The van der Waals surface area contributed by atoms with Gasteiger partial charge in [-0.1, -0.05) is 68.2 Å². The van der Waals surface area contributed by atoms with Gasteiger partial charge in [0.25, 0.3) is 0 Å². The van der Waals surface area contributed by atoms with Crippen LogP contribution in [0.4, 0.5) is 4.79 Å². The Morgan fingerprint density at radius 1 is 0.957 bits per heavy atom. The lowest BCUT2D eigenvalue weighted by atomic mass is 9.93. The number of aliphatic imine (C=N–C) groups is 1. The van der Waals surface area contributed by atoms with Crippen LogP contribution >= 0.6 is 35.6 Å². The Balaban J connectivity index is 0.00000500. The molecule has 1 saturated heterocycles. The van der Waals surface area contributed by atoms with Crippen molar-refractivity contribution >= 4 is 57.3 Å². The van der Waals surface area contributed by atoms with Crippen LogP contribution in [0.3, 0.4) is 0 Å². The third kappa shape index (κ3) is 8.75. The summed E-state index contributed by atoms with van der Waals surface area (Å²) >= 11 is 12.6. The summed E-state index contributed by atoms with van der Waals surface area (Å²) in [4.78, 5) is 35.0. The van der Waals surface area contributed by atoms with E-state index >= 15 is 0 Å². The van der Waals surface area contributed by atoms with Crippen LogP contribution in [0.15, 0.2) is 59.7 Å². The summed E-state index contributed by atoms with van der Waals surface area (Å²) in [5.41, 5.74) is 1.93. The van der Waals surface area contributed by atoms with Gasteiger partial charge in [0.1, 0.15) is 27.5 Å². The van der Waals surface area contributed by atoms with Crippen molar-refractivity contribution in [2.75, 3.05) is 51.3 Å². The first-order chi connectivity index (χ1) is 21.7. The zero-order valence-corrected chi connectivity index (χ0v) is 30.3. The summed E-state index contributed by atoms with van der Waals surface area (Å²) in [7, 11) is -3.09. The number of amidine groups is 1. The Morgan fingerprint density at radius 2 is 1.53 bits per heavy atom.